The summed E-state index contributed by atoms with van der Waals surface area (Å²) in [6.07, 6.45) is 0.311. The molecule has 0 aliphatic carbocycles. The number of hydrogen-bond donors (Lipinski definition) is 1. The summed E-state index contributed by atoms with van der Waals surface area (Å²) in [4.78, 5) is 12.3. The zero-order chi connectivity index (χ0) is 17.8. The molecule has 0 saturated carbocycles. The fraction of sp³-hybridized carbons (Fsp3) is 0.182. The lowest BCUT2D eigenvalue weighted by atomic mass is 10.0. The first-order valence-electron chi connectivity index (χ1n) is 8.42. The third-order valence-electron chi connectivity index (χ3n) is 4.35. The summed E-state index contributed by atoms with van der Waals surface area (Å²) < 4.78 is 0. The van der Waals surface area contributed by atoms with Crippen molar-refractivity contribution in [2.45, 2.75) is 27.2 Å². The second-order valence-corrected chi connectivity index (χ2v) is 6.37. The Labute approximate surface area is 148 Å². The number of amides is 1. The molecule has 0 unspecified atom stereocenters. The van der Waals surface area contributed by atoms with Crippen molar-refractivity contribution in [2.24, 2.45) is 5.10 Å². The van der Waals surface area contributed by atoms with E-state index in [1.807, 2.05) is 43.3 Å². The Balaban J connectivity index is 1.74. The molecule has 1 N–H and O–H groups in total. The van der Waals surface area contributed by atoms with Gasteiger partial charge in [0.25, 0.3) is 0 Å². The van der Waals surface area contributed by atoms with Crippen molar-refractivity contribution in [3.8, 4) is 0 Å². The molecule has 0 spiro atoms. The topological polar surface area (TPSA) is 41.5 Å². The van der Waals surface area contributed by atoms with Crippen LogP contribution in [0, 0.1) is 13.8 Å². The molecule has 126 valence electrons. The average molecular weight is 330 g/mol. The second-order valence-electron chi connectivity index (χ2n) is 6.37. The first-order chi connectivity index (χ1) is 12.0. The molecule has 3 heteroatoms. The highest BCUT2D eigenvalue weighted by Gasteiger charge is 2.07. The summed E-state index contributed by atoms with van der Waals surface area (Å²) in [6, 6.07) is 20.3. The lowest BCUT2D eigenvalue weighted by molar-refractivity contribution is -0.120. The van der Waals surface area contributed by atoms with Gasteiger partial charge in [0.2, 0.25) is 5.91 Å². The molecular weight excluding hydrogens is 308 g/mol. The van der Waals surface area contributed by atoms with Gasteiger partial charge in [0, 0.05) is 5.56 Å². The van der Waals surface area contributed by atoms with Gasteiger partial charge in [-0.3, -0.25) is 4.79 Å². The van der Waals surface area contributed by atoms with Crippen molar-refractivity contribution in [3.63, 3.8) is 0 Å². The highest BCUT2D eigenvalue weighted by molar-refractivity contribution is 6.00. The van der Waals surface area contributed by atoms with Crippen LogP contribution in [0.15, 0.2) is 65.8 Å². The predicted octanol–water partition coefficient (Wildman–Crippen LogP) is 4.54. The predicted molar refractivity (Wildman–Crippen MR) is 104 cm³/mol. The number of hydrogen-bond acceptors (Lipinski definition) is 2. The van der Waals surface area contributed by atoms with E-state index in [9.17, 15) is 4.79 Å². The molecule has 0 aliphatic heterocycles. The maximum atomic E-state index is 12.3. The molecular formula is C22H22N2O. The van der Waals surface area contributed by atoms with Crippen LogP contribution in [0.1, 0.15) is 29.2 Å². The van der Waals surface area contributed by atoms with Crippen LogP contribution in [0.2, 0.25) is 0 Å². The zero-order valence-corrected chi connectivity index (χ0v) is 14.8. The molecule has 0 atom stereocenters. The van der Waals surface area contributed by atoms with Gasteiger partial charge >= 0.3 is 0 Å². The largest absolute Gasteiger partial charge is 0.273 e. The standard InChI is InChI=1S/C22H22N2O/c1-15-11-12-20(16(2)13-15)17(3)23-24-22(25)14-19-9-6-8-18-7-4-5-10-21(18)19/h4-13H,14H2,1-3H3,(H,24,25)/b23-17-. The summed E-state index contributed by atoms with van der Waals surface area (Å²) in [6.45, 7) is 6.03. The summed E-state index contributed by atoms with van der Waals surface area (Å²) in [5, 5.41) is 6.53. The highest BCUT2D eigenvalue weighted by Crippen LogP contribution is 2.19. The van der Waals surface area contributed by atoms with Crippen molar-refractivity contribution < 1.29 is 4.79 Å². The molecule has 1 amide bonds. The highest BCUT2D eigenvalue weighted by atomic mass is 16.2. The van der Waals surface area contributed by atoms with Crippen LogP contribution in [0.25, 0.3) is 10.8 Å². The van der Waals surface area contributed by atoms with Crippen molar-refractivity contribution >= 4 is 22.4 Å². The number of carbonyl (C=O) groups is 1. The van der Waals surface area contributed by atoms with E-state index < -0.39 is 0 Å². The summed E-state index contributed by atoms with van der Waals surface area (Å²) >= 11 is 0. The van der Waals surface area contributed by atoms with Gasteiger partial charge in [-0.2, -0.15) is 5.10 Å². The fourth-order valence-corrected chi connectivity index (χ4v) is 3.09. The molecule has 0 heterocycles. The van der Waals surface area contributed by atoms with Crippen molar-refractivity contribution in [1.29, 1.82) is 0 Å². The summed E-state index contributed by atoms with van der Waals surface area (Å²) in [5.74, 6) is -0.111. The van der Waals surface area contributed by atoms with E-state index in [2.05, 4.69) is 48.6 Å². The Kier molecular flexibility index (Phi) is 4.94. The Morgan fingerprint density at radius 1 is 1.00 bits per heavy atom. The number of aryl methyl sites for hydroxylation is 2. The van der Waals surface area contributed by atoms with E-state index in [0.29, 0.717) is 6.42 Å². The SMILES string of the molecule is C/C(=N/NC(=O)Cc1cccc2ccccc12)c1ccc(C)cc1C. The van der Waals surface area contributed by atoms with Crippen LogP contribution in [0.4, 0.5) is 0 Å². The summed E-state index contributed by atoms with van der Waals surface area (Å²) in [5.41, 5.74) is 7.93. The third kappa shape index (κ3) is 3.94. The smallest absolute Gasteiger partial charge is 0.244 e. The second kappa shape index (κ2) is 7.31. The number of hydrazone groups is 1. The third-order valence-corrected chi connectivity index (χ3v) is 4.35. The number of carbonyl (C=O) groups excluding carboxylic acids is 1. The average Bonchev–Trinajstić information content (AvgIpc) is 2.60. The Morgan fingerprint density at radius 3 is 2.56 bits per heavy atom. The molecule has 0 fully saturated rings. The number of benzene rings is 3. The first-order valence-corrected chi connectivity index (χ1v) is 8.42. The van der Waals surface area contributed by atoms with Crippen LogP contribution in [0.3, 0.4) is 0 Å². The van der Waals surface area contributed by atoms with Crippen LogP contribution in [-0.2, 0) is 11.2 Å². The number of nitrogens with one attached hydrogen (secondary N) is 1. The molecule has 0 radical (unpaired) electrons. The molecule has 3 rings (SSSR count). The van der Waals surface area contributed by atoms with Crippen LogP contribution in [-0.4, -0.2) is 11.6 Å². The number of fused-ring (bicyclic) bond motifs is 1. The quantitative estimate of drug-likeness (QED) is 0.554. The van der Waals surface area contributed by atoms with Gasteiger partial charge in [0.1, 0.15) is 0 Å². The van der Waals surface area contributed by atoms with E-state index in [1.54, 1.807) is 0 Å². The minimum atomic E-state index is -0.111. The van der Waals surface area contributed by atoms with E-state index in [-0.39, 0.29) is 5.91 Å². The maximum Gasteiger partial charge on any atom is 0.244 e. The number of nitrogens with zero attached hydrogens (tertiary/aromatic N) is 1. The summed E-state index contributed by atoms with van der Waals surface area (Å²) in [7, 11) is 0. The maximum absolute atomic E-state index is 12.3. The Morgan fingerprint density at radius 2 is 1.76 bits per heavy atom. The first kappa shape index (κ1) is 16.9. The van der Waals surface area contributed by atoms with E-state index in [0.717, 1.165) is 33.2 Å². The molecule has 0 aromatic heterocycles. The Bertz CT molecular complexity index is 952. The molecule has 0 bridgehead atoms. The van der Waals surface area contributed by atoms with Gasteiger partial charge in [-0.05, 0) is 42.7 Å². The van der Waals surface area contributed by atoms with Crippen molar-refractivity contribution in [3.05, 3.63) is 82.9 Å². The Hall–Kier alpha value is -2.94. The molecule has 3 aromatic carbocycles. The molecule has 3 aromatic rings. The van der Waals surface area contributed by atoms with Gasteiger partial charge in [0.15, 0.2) is 0 Å². The lowest BCUT2D eigenvalue weighted by Crippen LogP contribution is -2.21. The van der Waals surface area contributed by atoms with Gasteiger partial charge in [-0.15, -0.1) is 0 Å². The molecule has 0 saturated heterocycles. The van der Waals surface area contributed by atoms with Crippen LogP contribution in [0.5, 0.6) is 0 Å². The molecule has 3 nitrogen and oxygen atoms in total. The fourth-order valence-electron chi connectivity index (χ4n) is 3.09. The van der Waals surface area contributed by atoms with Crippen LogP contribution >= 0.6 is 0 Å². The van der Waals surface area contributed by atoms with Gasteiger partial charge in [-0.25, -0.2) is 5.43 Å². The minimum absolute atomic E-state index is 0.111. The zero-order valence-electron chi connectivity index (χ0n) is 14.8. The lowest BCUT2D eigenvalue weighted by Gasteiger charge is -2.08. The number of rotatable bonds is 4. The van der Waals surface area contributed by atoms with E-state index in [4.69, 9.17) is 0 Å². The molecule has 25 heavy (non-hydrogen) atoms. The van der Waals surface area contributed by atoms with Crippen molar-refractivity contribution in [2.75, 3.05) is 0 Å². The van der Waals surface area contributed by atoms with Gasteiger partial charge in [-0.1, -0.05) is 66.2 Å². The monoisotopic (exact) mass is 330 g/mol. The van der Waals surface area contributed by atoms with Crippen LogP contribution < -0.4 is 5.43 Å². The normalized spacial score (nSPS) is 11.6. The van der Waals surface area contributed by atoms with E-state index >= 15 is 0 Å². The van der Waals surface area contributed by atoms with Gasteiger partial charge in [0.05, 0.1) is 12.1 Å². The van der Waals surface area contributed by atoms with E-state index in [1.165, 1.54) is 5.56 Å². The minimum Gasteiger partial charge on any atom is -0.273 e. The van der Waals surface area contributed by atoms with Gasteiger partial charge < -0.3 is 0 Å². The van der Waals surface area contributed by atoms with Crippen molar-refractivity contribution in [1.82, 2.24) is 5.43 Å². The molecule has 0 aliphatic rings.